The number of benzene rings is 3. The van der Waals surface area contributed by atoms with E-state index in [9.17, 15) is 19.2 Å². The normalized spacial score (nSPS) is 19.5. The summed E-state index contributed by atoms with van der Waals surface area (Å²) in [6.45, 7) is -0.339. The van der Waals surface area contributed by atoms with E-state index in [2.05, 4.69) is 5.32 Å². The van der Waals surface area contributed by atoms with Gasteiger partial charge in [0.05, 0.1) is 36.7 Å². The Balaban J connectivity index is 1.43. The summed E-state index contributed by atoms with van der Waals surface area (Å²) in [6, 6.07) is 16.1. The predicted octanol–water partition coefficient (Wildman–Crippen LogP) is 7.61. The number of nitrogens with zero attached hydrogens (tertiary/aromatic N) is 2. The molecule has 0 bridgehead atoms. The number of amides is 3. The van der Waals surface area contributed by atoms with Crippen LogP contribution in [0.2, 0.25) is 25.1 Å². The van der Waals surface area contributed by atoms with Gasteiger partial charge in [-0.05, 0) is 54.1 Å². The van der Waals surface area contributed by atoms with Crippen molar-refractivity contribution in [2.45, 2.75) is 22.7 Å². The molecule has 214 valence electrons. The summed E-state index contributed by atoms with van der Waals surface area (Å²) >= 11 is 33.1. The number of thioether (sulfide) groups is 1. The lowest BCUT2D eigenvalue weighted by Gasteiger charge is -2.31. The molecule has 6 rings (SSSR count). The van der Waals surface area contributed by atoms with Gasteiger partial charge in [-0.3, -0.25) is 23.7 Å². The molecule has 3 amide bonds. The third-order valence-electron chi connectivity index (χ3n) is 6.96. The zero-order valence-electron chi connectivity index (χ0n) is 20.9. The first-order valence-corrected chi connectivity index (χ1v) is 15.9. The molecule has 1 saturated heterocycles. The van der Waals surface area contributed by atoms with E-state index in [0.29, 0.717) is 36.9 Å². The molecule has 2 aliphatic heterocycles. The Morgan fingerprint density at radius 1 is 0.857 bits per heavy atom. The van der Waals surface area contributed by atoms with E-state index in [4.69, 9.17) is 58.0 Å². The quantitative estimate of drug-likeness (QED) is 0.217. The van der Waals surface area contributed by atoms with Gasteiger partial charge in [0.2, 0.25) is 17.7 Å². The molecular formula is C28H16Cl5N3O4S2. The highest BCUT2D eigenvalue weighted by Crippen LogP contribution is 2.55. The van der Waals surface area contributed by atoms with Crippen LogP contribution in [0.5, 0.6) is 0 Å². The van der Waals surface area contributed by atoms with E-state index >= 15 is 0 Å². The van der Waals surface area contributed by atoms with Gasteiger partial charge in [-0.25, -0.2) is 4.90 Å². The van der Waals surface area contributed by atoms with Crippen LogP contribution in [0.15, 0.2) is 70.5 Å². The third kappa shape index (κ3) is 5.15. The Labute approximate surface area is 272 Å². The zero-order valence-corrected chi connectivity index (χ0v) is 26.4. The molecule has 7 nitrogen and oxygen atoms in total. The molecule has 0 unspecified atom stereocenters. The second-order valence-electron chi connectivity index (χ2n) is 9.47. The molecule has 1 N–H and O–H groups in total. The number of rotatable bonds is 5. The summed E-state index contributed by atoms with van der Waals surface area (Å²) in [5.74, 6) is -3.01. The molecule has 1 aromatic heterocycles. The molecular weight excluding hydrogens is 684 g/mol. The van der Waals surface area contributed by atoms with Gasteiger partial charge in [0.15, 0.2) is 0 Å². The van der Waals surface area contributed by atoms with E-state index in [1.807, 2.05) is 0 Å². The molecule has 14 heteroatoms. The second kappa shape index (κ2) is 11.5. The van der Waals surface area contributed by atoms with Crippen molar-refractivity contribution in [1.82, 2.24) is 4.57 Å². The van der Waals surface area contributed by atoms with Crippen molar-refractivity contribution in [3.8, 4) is 0 Å². The van der Waals surface area contributed by atoms with Crippen molar-refractivity contribution >= 4 is 110 Å². The lowest BCUT2D eigenvalue weighted by atomic mass is 9.83. The van der Waals surface area contributed by atoms with Crippen LogP contribution < -0.4 is 15.1 Å². The molecule has 3 atom stereocenters. The number of fused-ring (bicyclic) bond motifs is 2. The van der Waals surface area contributed by atoms with Crippen LogP contribution in [0.4, 0.5) is 11.4 Å². The number of aromatic nitrogens is 1. The molecule has 4 aromatic rings. The largest absolute Gasteiger partial charge is 0.324 e. The minimum absolute atomic E-state index is 0.218. The molecule has 0 radical (unpaired) electrons. The lowest BCUT2D eigenvalue weighted by molar-refractivity contribution is -0.122. The molecule has 0 spiro atoms. The fraction of sp³-hybridized carbons (Fsp3) is 0.143. The Hall–Kier alpha value is -2.50. The van der Waals surface area contributed by atoms with Crippen LogP contribution in [0, 0.1) is 5.92 Å². The summed E-state index contributed by atoms with van der Waals surface area (Å²) in [6.07, 6.45) is 0. The molecule has 42 heavy (non-hydrogen) atoms. The van der Waals surface area contributed by atoms with Crippen LogP contribution in [-0.4, -0.2) is 27.5 Å². The number of imide groups is 1. The number of thiazole rings is 1. The van der Waals surface area contributed by atoms with Gasteiger partial charge in [0.25, 0.3) is 0 Å². The maximum absolute atomic E-state index is 14.0. The summed E-state index contributed by atoms with van der Waals surface area (Å²) in [5, 5.41) is 3.77. The van der Waals surface area contributed by atoms with Crippen molar-refractivity contribution in [3.05, 3.63) is 106 Å². The van der Waals surface area contributed by atoms with Gasteiger partial charge in [0, 0.05) is 21.5 Å². The fourth-order valence-electron chi connectivity index (χ4n) is 5.11. The average molecular weight is 700 g/mol. The topological polar surface area (TPSA) is 88.5 Å². The Kier molecular flexibility index (Phi) is 8.12. The minimum Gasteiger partial charge on any atom is -0.324 e. The van der Waals surface area contributed by atoms with Crippen LogP contribution >= 0.6 is 81.1 Å². The monoisotopic (exact) mass is 697 g/mol. The molecule has 2 aliphatic rings. The average Bonchev–Trinajstić information content (AvgIpc) is 3.39. The summed E-state index contributed by atoms with van der Waals surface area (Å²) < 4.78 is 1.31. The first kappa shape index (κ1) is 29.6. The molecule has 3 heterocycles. The third-order valence-corrected chi connectivity index (χ3v) is 11.4. The van der Waals surface area contributed by atoms with Gasteiger partial charge in [0.1, 0.15) is 11.8 Å². The van der Waals surface area contributed by atoms with Gasteiger partial charge in [-0.15, -0.1) is 0 Å². The minimum atomic E-state index is -0.890. The van der Waals surface area contributed by atoms with Crippen LogP contribution in [0.25, 0.3) is 0 Å². The van der Waals surface area contributed by atoms with E-state index in [0.717, 1.165) is 28.0 Å². The molecule has 3 aromatic carbocycles. The molecule has 0 aliphatic carbocycles. The van der Waals surface area contributed by atoms with E-state index in [1.165, 1.54) is 10.6 Å². The summed E-state index contributed by atoms with van der Waals surface area (Å²) in [5.41, 5.74) is 1.29. The Morgan fingerprint density at radius 3 is 2.31 bits per heavy atom. The van der Waals surface area contributed by atoms with Crippen molar-refractivity contribution < 1.29 is 14.4 Å². The molecule has 0 saturated carbocycles. The second-order valence-corrected chi connectivity index (χ2v) is 13.6. The Bertz CT molecular complexity index is 1840. The number of carbonyl (C=O) groups is 3. The fourth-order valence-corrected chi connectivity index (χ4v) is 8.73. The summed E-state index contributed by atoms with van der Waals surface area (Å²) in [7, 11) is 0. The number of carbonyl (C=O) groups excluding carboxylic acids is 3. The van der Waals surface area contributed by atoms with Crippen molar-refractivity contribution in [2.24, 2.45) is 5.92 Å². The van der Waals surface area contributed by atoms with Crippen LogP contribution in [0.1, 0.15) is 16.4 Å². The number of anilines is 2. The first-order chi connectivity index (χ1) is 20.0. The highest BCUT2D eigenvalue weighted by Gasteiger charge is 2.57. The lowest BCUT2D eigenvalue weighted by Crippen LogP contribution is -2.33. The van der Waals surface area contributed by atoms with E-state index in [1.54, 1.807) is 54.6 Å². The smallest absolute Gasteiger partial charge is 0.308 e. The number of hydrogen-bond acceptors (Lipinski definition) is 6. The maximum Gasteiger partial charge on any atom is 0.308 e. The van der Waals surface area contributed by atoms with Crippen LogP contribution in [-0.2, 0) is 20.9 Å². The van der Waals surface area contributed by atoms with E-state index < -0.39 is 39.7 Å². The standard InChI is InChI=1S/C28H16Cl5N3O4S2/c29-12-4-7-14(8-5-12)36-25(38)21-20(15-2-1-3-17(31)22(15)33)24-27(41-23(21)26(36)39)35(28(40)42-24)11-19(37)34-13-6-9-16(30)18(32)10-13/h1-10,20-21,23H,11H2,(H,34,37)/t20-,21-,23+/m0/s1. The van der Waals surface area contributed by atoms with Crippen molar-refractivity contribution in [2.75, 3.05) is 10.2 Å². The summed E-state index contributed by atoms with van der Waals surface area (Å²) in [4.78, 5) is 55.4. The van der Waals surface area contributed by atoms with E-state index in [-0.39, 0.29) is 21.6 Å². The molecule has 1 fully saturated rings. The van der Waals surface area contributed by atoms with Crippen LogP contribution in [0.3, 0.4) is 0 Å². The van der Waals surface area contributed by atoms with Crippen molar-refractivity contribution in [1.29, 1.82) is 0 Å². The first-order valence-electron chi connectivity index (χ1n) is 12.3. The Morgan fingerprint density at radius 2 is 1.60 bits per heavy atom. The van der Waals surface area contributed by atoms with Gasteiger partial charge >= 0.3 is 4.87 Å². The van der Waals surface area contributed by atoms with Crippen molar-refractivity contribution in [3.63, 3.8) is 0 Å². The maximum atomic E-state index is 14.0. The SMILES string of the molecule is O=C(Cn1c2c(sc1=O)[C@@H](c1cccc(Cl)c1Cl)[C@@H]1C(=O)N(c3ccc(Cl)cc3)C(=O)[C@@H]1S2)Nc1ccc(Cl)c(Cl)c1. The number of halogens is 5. The van der Waals surface area contributed by atoms with Gasteiger partial charge < -0.3 is 5.32 Å². The highest BCUT2D eigenvalue weighted by atomic mass is 35.5. The number of hydrogen-bond donors (Lipinski definition) is 1. The number of nitrogens with one attached hydrogen (secondary N) is 1. The highest BCUT2D eigenvalue weighted by molar-refractivity contribution is 8.00. The zero-order chi connectivity index (χ0) is 29.9. The van der Waals surface area contributed by atoms with Gasteiger partial charge in [-0.1, -0.05) is 93.2 Å². The predicted molar refractivity (Wildman–Crippen MR) is 169 cm³/mol. The van der Waals surface area contributed by atoms with Gasteiger partial charge in [-0.2, -0.15) is 0 Å².